The minimum Gasteiger partial charge on any atom is -0.208 e. The molecule has 0 fully saturated rings. The van der Waals surface area contributed by atoms with Crippen LogP contribution in [0.2, 0.25) is 0 Å². The van der Waals surface area contributed by atoms with Crippen molar-refractivity contribution < 1.29 is 0 Å². The Labute approximate surface area is 342 Å². The average Bonchev–Trinajstić information content (AvgIpc) is 3.87. The quantitative estimate of drug-likeness (QED) is 0.164. The van der Waals surface area contributed by atoms with E-state index in [0.717, 1.165) is 22.3 Å². The maximum atomic E-state index is 5.12. The Balaban J connectivity index is 0.971. The molecule has 3 nitrogen and oxygen atoms in total. The van der Waals surface area contributed by atoms with Crippen LogP contribution in [0, 0.1) is 0 Å². The number of rotatable bonds is 5. The molecule has 0 unspecified atom stereocenters. The minimum absolute atomic E-state index is 0.650. The van der Waals surface area contributed by atoms with Crippen molar-refractivity contribution in [2.75, 3.05) is 0 Å². The van der Waals surface area contributed by atoms with E-state index in [1.54, 1.807) is 0 Å². The van der Waals surface area contributed by atoms with Gasteiger partial charge in [-0.2, -0.15) is 0 Å². The van der Waals surface area contributed by atoms with Gasteiger partial charge in [-0.1, -0.05) is 140 Å². The summed E-state index contributed by atoms with van der Waals surface area (Å²) in [6, 6.07) is 67.5. The standard InChI is InChI=1S/C53H31N3S2/c1-2-11-33(12-3-1)51-54-52(56-53(55-51)37-26-28-47-44(31-37)42-17-8-9-19-46(42)57-47)34-23-21-32(22-24-34)39-18-10-20-49-50(39)45-30-36(25-27-48(45)58-49)43-29-35-13-4-5-14-38(35)40-15-6-7-16-41(40)43/h1-31H. The Morgan fingerprint density at radius 1 is 0.276 bits per heavy atom. The molecule has 0 atom stereocenters. The van der Waals surface area contributed by atoms with Crippen molar-refractivity contribution >= 4 is 84.6 Å². The van der Waals surface area contributed by atoms with E-state index in [9.17, 15) is 0 Å². The highest BCUT2D eigenvalue weighted by Gasteiger charge is 2.17. The molecule has 58 heavy (non-hydrogen) atoms. The van der Waals surface area contributed by atoms with E-state index in [1.165, 1.54) is 78.6 Å². The molecular weight excluding hydrogens is 743 g/mol. The summed E-state index contributed by atoms with van der Waals surface area (Å²) in [4.78, 5) is 15.2. The molecule has 9 aromatic carbocycles. The average molecular weight is 774 g/mol. The van der Waals surface area contributed by atoms with Crippen LogP contribution in [0.4, 0.5) is 0 Å². The molecule has 0 radical (unpaired) electrons. The third-order valence-electron chi connectivity index (χ3n) is 11.3. The Bertz CT molecular complexity index is 3570. The van der Waals surface area contributed by atoms with Gasteiger partial charge >= 0.3 is 0 Å². The second kappa shape index (κ2) is 13.3. The molecule has 0 N–H and O–H groups in total. The Morgan fingerprint density at radius 3 is 1.62 bits per heavy atom. The van der Waals surface area contributed by atoms with Crippen LogP contribution in [0.1, 0.15) is 0 Å². The molecule has 0 aliphatic carbocycles. The molecule has 0 aliphatic heterocycles. The maximum Gasteiger partial charge on any atom is 0.164 e. The molecule has 0 amide bonds. The summed E-state index contributed by atoms with van der Waals surface area (Å²) < 4.78 is 5.10. The molecule has 3 aromatic heterocycles. The zero-order valence-electron chi connectivity index (χ0n) is 31.1. The van der Waals surface area contributed by atoms with E-state index in [-0.39, 0.29) is 0 Å². The van der Waals surface area contributed by atoms with Crippen molar-refractivity contribution in [1.82, 2.24) is 15.0 Å². The molecule has 270 valence electrons. The zero-order chi connectivity index (χ0) is 38.2. The van der Waals surface area contributed by atoms with Gasteiger partial charge in [0.2, 0.25) is 0 Å². The largest absolute Gasteiger partial charge is 0.208 e. The topological polar surface area (TPSA) is 38.7 Å². The van der Waals surface area contributed by atoms with Crippen LogP contribution in [0.5, 0.6) is 0 Å². The lowest BCUT2D eigenvalue weighted by Gasteiger charge is -2.12. The first-order valence-corrected chi connectivity index (χ1v) is 21.1. The lowest BCUT2D eigenvalue weighted by Crippen LogP contribution is -2.00. The summed E-state index contributed by atoms with van der Waals surface area (Å²) in [6.45, 7) is 0. The van der Waals surface area contributed by atoms with Gasteiger partial charge in [-0.3, -0.25) is 0 Å². The molecule has 12 rings (SSSR count). The first-order valence-electron chi connectivity index (χ1n) is 19.4. The summed E-state index contributed by atoms with van der Waals surface area (Å²) >= 11 is 3.67. The van der Waals surface area contributed by atoms with Crippen molar-refractivity contribution in [3.63, 3.8) is 0 Å². The van der Waals surface area contributed by atoms with Gasteiger partial charge in [0, 0.05) is 57.0 Å². The SMILES string of the molecule is c1ccc(-c2nc(-c3ccc(-c4cccc5sc6ccc(-c7cc8ccccc8c8ccccc78)cc6c45)cc3)nc(-c3ccc4sc5ccccc5c4c3)n2)cc1. The van der Waals surface area contributed by atoms with Crippen molar-refractivity contribution in [1.29, 1.82) is 0 Å². The highest BCUT2D eigenvalue weighted by atomic mass is 32.1. The molecule has 12 aromatic rings. The van der Waals surface area contributed by atoms with Gasteiger partial charge < -0.3 is 0 Å². The fraction of sp³-hybridized carbons (Fsp3) is 0. The number of benzene rings is 9. The van der Waals surface area contributed by atoms with Crippen molar-refractivity contribution in [3.8, 4) is 56.4 Å². The number of nitrogens with zero attached hydrogens (tertiary/aromatic N) is 3. The van der Waals surface area contributed by atoms with Gasteiger partial charge in [0.05, 0.1) is 0 Å². The summed E-state index contributed by atoms with van der Waals surface area (Å²) in [5.74, 6) is 1.97. The first kappa shape index (κ1) is 33.1. The molecule has 0 bridgehead atoms. The minimum atomic E-state index is 0.650. The highest BCUT2D eigenvalue weighted by molar-refractivity contribution is 7.26. The molecule has 0 spiro atoms. The molecule has 3 heterocycles. The second-order valence-corrected chi connectivity index (χ2v) is 16.9. The fourth-order valence-electron chi connectivity index (χ4n) is 8.54. The third-order valence-corrected chi connectivity index (χ3v) is 13.6. The van der Waals surface area contributed by atoms with E-state index in [4.69, 9.17) is 15.0 Å². The summed E-state index contributed by atoms with van der Waals surface area (Å²) in [5, 5.41) is 10.1. The number of thiophene rings is 2. The zero-order valence-corrected chi connectivity index (χ0v) is 32.7. The normalized spacial score (nSPS) is 11.8. The maximum absolute atomic E-state index is 5.12. The van der Waals surface area contributed by atoms with Gasteiger partial charge in [0.15, 0.2) is 17.5 Å². The predicted molar refractivity (Wildman–Crippen MR) is 248 cm³/mol. The van der Waals surface area contributed by atoms with E-state index < -0.39 is 0 Å². The summed E-state index contributed by atoms with van der Waals surface area (Å²) in [5.41, 5.74) is 7.73. The van der Waals surface area contributed by atoms with Crippen molar-refractivity contribution in [3.05, 3.63) is 188 Å². The Hall–Kier alpha value is -7.05. The van der Waals surface area contributed by atoms with Crippen LogP contribution in [0.15, 0.2) is 188 Å². The van der Waals surface area contributed by atoms with Crippen LogP contribution in [-0.4, -0.2) is 15.0 Å². The summed E-state index contributed by atoms with van der Waals surface area (Å²) in [6.07, 6.45) is 0. The molecule has 0 aliphatic rings. The van der Waals surface area contributed by atoms with Gasteiger partial charge in [-0.15, -0.1) is 22.7 Å². The number of fused-ring (bicyclic) bond motifs is 9. The highest BCUT2D eigenvalue weighted by Crippen LogP contribution is 2.44. The number of hydrogen-bond donors (Lipinski definition) is 0. The lowest BCUT2D eigenvalue weighted by molar-refractivity contribution is 1.07. The van der Waals surface area contributed by atoms with Crippen LogP contribution >= 0.6 is 22.7 Å². The van der Waals surface area contributed by atoms with Crippen molar-refractivity contribution in [2.24, 2.45) is 0 Å². The molecule has 0 saturated carbocycles. The predicted octanol–water partition coefficient (Wildman–Crippen LogP) is 15.2. The Morgan fingerprint density at radius 2 is 0.810 bits per heavy atom. The molecule has 0 saturated heterocycles. The van der Waals surface area contributed by atoms with E-state index in [1.807, 2.05) is 40.9 Å². The first-order chi connectivity index (χ1) is 28.7. The number of aromatic nitrogens is 3. The third kappa shape index (κ3) is 5.43. The second-order valence-electron chi connectivity index (χ2n) is 14.7. The van der Waals surface area contributed by atoms with Gasteiger partial charge in [-0.05, 0) is 92.3 Å². The fourth-order valence-corrected chi connectivity index (χ4v) is 10.7. The van der Waals surface area contributed by atoms with Gasteiger partial charge in [0.1, 0.15) is 0 Å². The van der Waals surface area contributed by atoms with Crippen LogP contribution < -0.4 is 0 Å². The van der Waals surface area contributed by atoms with E-state index in [0.29, 0.717) is 17.5 Å². The van der Waals surface area contributed by atoms with Crippen LogP contribution in [0.25, 0.3) is 118 Å². The number of hydrogen-bond acceptors (Lipinski definition) is 5. The van der Waals surface area contributed by atoms with Crippen molar-refractivity contribution in [2.45, 2.75) is 0 Å². The summed E-state index contributed by atoms with van der Waals surface area (Å²) in [7, 11) is 0. The molecule has 5 heteroatoms. The smallest absolute Gasteiger partial charge is 0.164 e. The molecular formula is C53H31N3S2. The van der Waals surface area contributed by atoms with Crippen LogP contribution in [-0.2, 0) is 0 Å². The van der Waals surface area contributed by atoms with Crippen LogP contribution in [0.3, 0.4) is 0 Å². The van der Waals surface area contributed by atoms with Gasteiger partial charge in [0.25, 0.3) is 0 Å². The lowest BCUT2D eigenvalue weighted by atomic mass is 9.92. The Kier molecular flexibility index (Phi) is 7.58. The monoisotopic (exact) mass is 773 g/mol. The van der Waals surface area contributed by atoms with Gasteiger partial charge in [-0.25, -0.2) is 15.0 Å². The van der Waals surface area contributed by atoms with E-state index in [2.05, 4.69) is 170 Å². The van der Waals surface area contributed by atoms with E-state index >= 15 is 0 Å².